The number of aromatic hydroxyl groups is 1. The van der Waals surface area contributed by atoms with E-state index in [1.807, 2.05) is 36.4 Å². The minimum atomic E-state index is 0.235. The molecule has 4 heteroatoms. The fourth-order valence-corrected chi connectivity index (χ4v) is 3.03. The topological polar surface area (TPSA) is 58.0 Å². The Labute approximate surface area is 152 Å². The molecule has 0 aliphatic carbocycles. The number of nitrogens with zero attached hydrogens (tertiary/aromatic N) is 2. The van der Waals surface area contributed by atoms with Crippen molar-refractivity contribution in [2.24, 2.45) is 0 Å². The van der Waals surface area contributed by atoms with E-state index in [4.69, 9.17) is 0 Å². The van der Waals surface area contributed by atoms with Crippen molar-refractivity contribution >= 4 is 22.3 Å². The molecule has 0 aliphatic rings. The number of fused-ring (bicyclic) bond motifs is 1. The fraction of sp³-hybridized carbons (Fsp3) is 0.0909. The summed E-state index contributed by atoms with van der Waals surface area (Å²) in [5, 5.41) is 23.9. The number of hydrogen-bond donors (Lipinski definition) is 2. The van der Waals surface area contributed by atoms with Gasteiger partial charge < -0.3 is 10.4 Å². The third-order valence-electron chi connectivity index (χ3n) is 4.47. The van der Waals surface area contributed by atoms with Crippen LogP contribution in [0.1, 0.15) is 11.1 Å². The Morgan fingerprint density at radius 1 is 0.808 bits per heavy atom. The second kappa shape index (κ2) is 6.48. The van der Waals surface area contributed by atoms with Gasteiger partial charge in [0.05, 0.1) is 0 Å². The van der Waals surface area contributed by atoms with Gasteiger partial charge in [0, 0.05) is 22.0 Å². The number of phenols is 1. The first-order valence-electron chi connectivity index (χ1n) is 8.51. The summed E-state index contributed by atoms with van der Waals surface area (Å²) in [6.45, 7) is 4.14. The van der Waals surface area contributed by atoms with Crippen LogP contribution < -0.4 is 5.32 Å². The molecule has 0 saturated heterocycles. The summed E-state index contributed by atoms with van der Waals surface area (Å²) in [5.74, 6) is 0.969. The molecule has 0 unspecified atom stereocenters. The Kier molecular flexibility index (Phi) is 4.01. The predicted molar refractivity (Wildman–Crippen MR) is 106 cm³/mol. The van der Waals surface area contributed by atoms with Crippen molar-refractivity contribution in [2.75, 3.05) is 5.32 Å². The van der Waals surface area contributed by atoms with E-state index in [0.717, 1.165) is 39.1 Å². The van der Waals surface area contributed by atoms with Gasteiger partial charge in [-0.15, -0.1) is 10.2 Å². The molecule has 128 valence electrons. The Hall–Kier alpha value is -3.40. The largest absolute Gasteiger partial charge is 0.508 e. The average Bonchev–Trinajstić information content (AvgIpc) is 2.66. The molecule has 0 spiro atoms. The van der Waals surface area contributed by atoms with Gasteiger partial charge in [-0.25, -0.2) is 0 Å². The first-order chi connectivity index (χ1) is 12.6. The lowest BCUT2D eigenvalue weighted by atomic mass is 10.0. The molecule has 0 atom stereocenters. The Bertz CT molecular complexity index is 1090. The van der Waals surface area contributed by atoms with Crippen molar-refractivity contribution in [1.82, 2.24) is 10.2 Å². The van der Waals surface area contributed by atoms with Crippen LogP contribution in [-0.4, -0.2) is 15.3 Å². The van der Waals surface area contributed by atoms with Crippen LogP contribution in [0.4, 0.5) is 11.5 Å². The normalized spacial score (nSPS) is 10.8. The molecule has 4 nitrogen and oxygen atoms in total. The van der Waals surface area contributed by atoms with Gasteiger partial charge in [0.1, 0.15) is 11.4 Å². The number of rotatable bonds is 3. The van der Waals surface area contributed by atoms with Crippen LogP contribution in [0.2, 0.25) is 0 Å². The summed E-state index contributed by atoms with van der Waals surface area (Å²) in [6.07, 6.45) is 0. The highest BCUT2D eigenvalue weighted by Gasteiger charge is 2.12. The maximum absolute atomic E-state index is 9.53. The van der Waals surface area contributed by atoms with Gasteiger partial charge in [0.2, 0.25) is 0 Å². The van der Waals surface area contributed by atoms with Crippen molar-refractivity contribution in [3.05, 3.63) is 77.9 Å². The molecule has 0 radical (unpaired) electrons. The van der Waals surface area contributed by atoms with Crippen molar-refractivity contribution in [1.29, 1.82) is 0 Å². The Balaban J connectivity index is 1.84. The standard InChI is InChI=1S/C22H19N3O/c1-14-7-8-15(2)20(13-14)23-22-19-6-4-3-5-18(19)21(24-25-22)16-9-11-17(26)12-10-16/h3-13,26H,1-2H3,(H,23,25). The van der Waals surface area contributed by atoms with Crippen LogP contribution in [0.5, 0.6) is 5.75 Å². The van der Waals surface area contributed by atoms with E-state index in [1.165, 1.54) is 5.56 Å². The summed E-state index contributed by atoms with van der Waals surface area (Å²) in [7, 11) is 0. The van der Waals surface area contributed by atoms with Gasteiger partial charge in [0.25, 0.3) is 0 Å². The molecule has 3 aromatic carbocycles. The zero-order chi connectivity index (χ0) is 18.1. The van der Waals surface area contributed by atoms with E-state index < -0.39 is 0 Å². The Morgan fingerprint density at radius 3 is 2.31 bits per heavy atom. The minimum absolute atomic E-state index is 0.235. The summed E-state index contributed by atoms with van der Waals surface area (Å²) in [5.41, 5.74) is 5.10. The van der Waals surface area contributed by atoms with Gasteiger partial charge >= 0.3 is 0 Å². The first-order valence-corrected chi connectivity index (χ1v) is 8.51. The van der Waals surface area contributed by atoms with Crippen LogP contribution >= 0.6 is 0 Å². The lowest BCUT2D eigenvalue weighted by Gasteiger charge is -2.13. The molecule has 0 bridgehead atoms. The molecule has 4 aromatic rings. The lowest BCUT2D eigenvalue weighted by molar-refractivity contribution is 0.475. The third-order valence-corrected chi connectivity index (χ3v) is 4.47. The monoisotopic (exact) mass is 341 g/mol. The van der Waals surface area contributed by atoms with E-state index in [0.29, 0.717) is 0 Å². The highest BCUT2D eigenvalue weighted by atomic mass is 16.3. The average molecular weight is 341 g/mol. The van der Waals surface area contributed by atoms with Gasteiger partial charge in [0.15, 0.2) is 5.82 Å². The molecule has 0 aliphatic heterocycles. The number of anilines is 2. The molecule has 2 N–H and O–H groups in total. The minimum Gasteiger partial charge on any atom is -0.508 e. The zero-order valence-corrected chi connectivity index (χ0v) is 14.7. The van der Waals surface area contributed by atoms with E-state index in [-0.39, 0.29) is 5.75 Å². The third kappa shape index (κ3) is 2.97. The van der Waals surface area contributed by atoms with Crippen LogP contribution in [0.15, 0.2) is 66.7 Å². The van der Waals surface area contributed by atoms with Crippen LogP contribution in [0, 0.1) is 13.8 Å². The number of aromatic nitrogens is 2. The number of benzene rings is 3. The lowest BCUT2D eigenvalue weighted by Crippen LogP contribution is -2.00. The fourth-order valence-electron chi connectivity index (χ4n) is 3.03. The summed E-state index contributed by atoms with van der Waals surface area (Å²) in [6, 6.07) is 21.4. The van der Waals surface area contributed by atoms with Gasteiger partial charge in [-0.05, 0) is 55.3 Å². The molecule has 26 heavy (non-hydrogen) atoms. The SMILES string of the molecule is Cc1ccc(C)c(Nc2nnc(-c3ccc(O)cc3)c3ccccc23)c1. The maximum Gasteiger partial charge on any atom is 0.161 e. The van der Waals surface area contributed by atoms with Crippen LogP contribution in [0.3, 0.4) is 0 Å². The number of hydrogen-bond acceptors (Lipinski definition) is 4. The summed E-state index contributed by atoms with van der Waals surface area (Å²) >= 11 is 0. The number of phenolic OH excluding ortho intramolecular Hbond substituents is 1. The molecular weight excluding hydrogens is 322 g/mol. The quantitative estimate of drug-likeness (QED) is 0.526. The Morgan fingerprint density at radius 2 is 1.54 bits per heavy atom. The predicted octanol–water partition coefficient (Wildman–Crippen LogP) is 5.36. The van der Waals surface area contributed by atoms with Crippen molar-refractivity contribution in [2.45, 2.75) is 13.8 Å². The zero-order valence-electron chi connectivity index (χ0n) is 14.7. The summed E-state index contributed by atoms with van der Waals surface area (Å²) < 4.78 is 0. The molecule has 1 heterocycles. The smallest absolute Gasteiger partial charge is 0.161 e. The molecule has 0 fully saturated rings. The molecule has 0 amide bonds. The van der Waals surface area contributed by atoms with Crippen LogP contribution in [-0.2, 0) is 0 Å². The van der Waals surface area contributed by atoms with E-state index >= 15 is 0 Å². The molecule has 1 aromatic heterocycles. The second-order valence-corrected chi connectivity index (χ2v) is 6.43. The van der Waals surface area contributed by atoms with Gasteiger partial charge in [-0.3, -0.25) is 0 Å². The van der Waals surface area contributed by atoms with E-state index in [1.54, 1.807) is 12.1 Å². The summed E-state index contributed by atoms with van der Waals surface area (Å²) in [4.78, 5) is 0. The highest BCUT2D eigenvalue weighted by molar-refractivity contribution is 6.00. The van der Waals surface area contributed by atoms with Gasteiger partial charge in [-0.2, -0.15) is 0 Å². The van der Waals surface area contributed by atoms with Crippen molar-refractivity contribution in [3.8, 4) is 17.0 Å². The molecule has 4 rings (SSSR count). The van der Waals surface area contributed by atoms with E-state index in [2.05, 4.69) is 47.6 Å². The highest BCUT2D eigenvalue weighted by Crippen LogP contribution is 2.32. The first kappa shape index (κ1) is 16.1. The second-order valence-electron chi connectivity index (χ2n) is 6.43. The van der Waals surface area contributed by atoms with Crippen LogP contribution in [0.25, 0.3) is 22.0 Å². The van der Waals surface area contributed by atoms with Crippen molar-refractivity contribution < 1.29 is 5.11 Å². The number of aryl methyl sites for hydroxylation is 2. The molecule has 0 saturated carbocycles. The van der Waals surface area contributed by atoms with E-state index in [9.17, 15) is 5.11 Å². The maximum atomic E-state index is 9.53. The number of nitrogens with one attached hydrogen (secondary N) is 1. The van der Waals surface area contributed by atoms with Crippen molar-refractivity contribution in [3.63, 3.8) is 0 Å². The molecular formula is C22H19N3O. The van der Waals surface area contributed by atoms with Gasteiger partial charge in [-0.1, -0.05) is 36.4 Å².